The summed E-state index contributed by atoms with van der Waals surface area (Å²) in [7, 11) is 0. The second-order valence-corrected chi connectivity index (χ2v) is 3.78. The minimum Gasteiger partial charge on any atom is -0.381 e. The highest BCUT2D eigenvalue weighted by molar-refractivity contribution is 5.83. The van der Waals surface area contributed by atoms with Gasteiger partial charge in [-0.1, -0.05) is 12.1 Å². The van der Waals surface area contributed by atoms with Crippen LogP contribution in [0.25, 0.3) is 0 Å². The molecule has 0 amide bonds. The lowest BCUT2D eigenvalue weighted by Crippen LogP contribution is -2.24. The topological polar surface area (TPSA) is 29.1 Å². The van der Waals surface area contributed by atoms with Crippen LogP contribution in [0.3, 0.4) is 0 Å². The van der Waals surface area contributed by atoms with Gasteiger partial charge in [-0.25, -0.2) is 4.39 Å². The Hall–Kier alpha value is -1.38. The highest BCUT2D eigenvalue weighted by Gasteiger charge is 2.15. The summed E-state index contributed by atoms with van der Waals surface area (Å²) in [5.41, 5.74) is -0.0549. The van der Waals surface area contributed by atoms with Crippen LogP contribution in [0.5, 0.6) is 0 Å². The van der Waals surface area contributed by atoms with Crippen molar-refractivity contribution in [3.05, 3.63) is 29.8 Å². The summed E-state index contributed by atoms with van der Waals surface area (Å²) in [4.78, 5) is 10.6. The molecule has 76 valence electrons. The lowest BCUT2D eigenvalue weighted by atomic mass is 10.1. The van der Waals surface area contributed by atoms with Crippen molar-refractivity contribution in [3.8, 4) is 0 Å². The first kappa shape index (κ1) is 10.7. The summed E-state index contributed by atoms with van der Waals surface area (Å²) >= 11 is 0. The summed E-state index contributed by atoms with van der Waals surface area (Å²) < 4.78 is 13.2. The first-order valence-electron chi connectivity index (χ1n) is 4.50. The maximum Gasteiger partial charge on any atom is 0.152 e. The van der Waals surface area contributed by atoms with E-state index in [1.54, 1.807) is 24.3 Å². The Morgan fingerprint density at radius 3 is 2.64 bits per heavy atom. The molecule has 0 fully saturated rings. The molecule has 1 rings (SSSR count). The van der Waals surface area contributed by atoms with Gasteiger partial charge in [0.05, 0.1) is 0 Å². The van der Waals surface area contributed by atoms with Gasteiger partial charge in [0.15, 0.2) is 6.29 Å². The monoisotopic (exact) mass is 195 g/mol. The Bertz CT molecular complexity index is 317. The Balaban J connectivity index is 2.71. The van der Waals surface area contributed by atoms with Crippen LogP contribution in [0.15, 0.2) is 24.3 Å². The van der Waals surface area contributed by atoms with E-state index in [1.807, 2.05) is 0 Å². The molecule has 0 saturated carbocycles. The predicted octanol–water partition coefficient (Wildman–Crippen LogP) is 2.66. The number of carbonyl (C=O) groups excluding carboxylic acids is 1. The first-order valence-corrected chi connectivity index (χ1v) is 4.50. The van der Waals surface area contributed by atoms with Crippen LogP contribution in [0, 0.1) is 0 Å². The predicted molar refractivity (Wildman–Crippen MR) is 55.5 cm³/mol. The molecule has 0 bridgehead atoms. The number of hydrogen-bond donors (Lipinski definition) is 1. The summed E-state index contributed by atoms with van der Waals surface area (Å²) in [5, 5.41) is 2.90. The third kappa shape index (κ3) is 3.17. The molecule has 0 atom stereocenters. The summed E-state index contributed by atoms with van der Waals surface area (Å²) in [5.74, 6) is 0. The molecule has 0 aliphatic rings. The van der Waals surface area contributed by atoms with Gasteiger partial charge in [-0.05, 0) is 26.0 Å². The highest BCUT2D eigenvalue weighted by atomic mass is 19.1. The average Bonchev–Trinajstić information content (AvgIpc) is 2.14. The maximum absolute atomic E-state index is 13.2. The number of nitrogens with one attached hydrogen (secondary N) is 1. The second-order valence-electron chi connectivity index (χ2n) is 3.78. The molecule has 14 heavy (non-hydrogen) atoms. The Labute approximate surface area is 83.1 Å². The van der Waals surface area contributed by atoms with E-state index < -0.39 is 5.67 Å². The van der Waals surface area contributed by atoms with Crippen molar-refractivity contribution >= 4 is 12.0 Å². The fourth-order valence-electron chi connectivity index (χ4n) is 1.07. The average molecular weight is 195 g/mol. The fraction of sp³-hybridized carbons (Fsp3) is 0.364. The van der Waals surface area contributed by atoms with Gasteiger partial charge in [0.2, 0.25) is 0 Å². The molecule has 0 heterocycles. The Kier molecular flexibility index (Phi) is 3.23. The standard InChI is InChI=1S/C11H14FNO/c1-11(2,12)8-13-10-6-4-3-5-9(10)7-14/h3-7,13H,8H2,1-2H3. The number of aldehydes is 1. The van der Waals surface area contributed by atoms with E-state index in [9.17, 15) is 9.18 Å². The first-order chi connectivity index (χ1) is 6.53. The molecule has 1 N–H and O–H groups in total. The number of rotatable bonds is 4. The van der Waals surface area contributed by atoms with E-state index in [2.05, 4.69) is 5.32 Å². The van der Waals surface area contributed by atoms with Gasteiger partial charge in [0.25, 0.3) is 0 Å². The molecule has 0 radical (unpaired) electrons. The molecule has 0 unspecified atom stereocenters. The van der Waals surface area contributed by atoms with Crippen LogP contribution in [0.1, 0.15) is 24.2 Å². The minimum absolute atomic E-state index is 0.192. The van der Waals surface area contributed by atoms with Gasteiger partial charge in [0, 0.05) is 17.8 Å². The number of alkyl halides is 1. The molecule has 0 spiro atoms. The van der Waals surface area contributed by atoms with Crippen LogP contribution >= 0.6 is 0 Å². The van der Waals surface area contributed by atoms with Gasteiger partial charge >= 0.3 is 0 Å². The highest BCUT2D eigenvalue weighted by Crippen LogP contribution is 2.15. The number of benzene rings is 1. The van der Waals surface area contributed by atoms with Crippen LogP contribution in [-0.4, -0.2) is 18.5 Å². The van der Waals surface area contributed by atoms with Crippen LogP contribution in [0.2, 0.25) is 0 Å². The van der Waals surface area contributed by atoms with Crippen molar-refractivity contribution in [1.82, 2.24) is 0 Å². The van der Waals surface area contributed by atoms with Crippen molar-refractivity contribution in [2.45, 2.75) is 19.5 Å². The van der Waals surface area contributed by atoms with Crippen molar-refractivity contribution in [1.29, 1.82) is 0 Å². The molecule has 2 nitrogen and oxygen atoms in total. The van der Waals surface area contributed by atoms with E-state index in [1.165, 1.54) is 13.8 Å². The second kappa shape index (κ2) is 4.22. The number of halogens is 1. The molecule has 1 aromatic rings. The lowest BCUT2D eigenvalue weighted by molar-refractivity contribution is 0.112. The third-order valence-electron chi connectivity index (χ3n) is 1.79. The lowest BCUT2D eigenvalue weighted by Gasteiger charge is -2.16. The molecular formula is C11H14FNO. The van der Waals surface area contributed by atoms with Gasteiger partial charge in [-0.3, -0.25) is 4.79 Å². The van der Waals surface area contributed by atoms with Gasteiger partial charge in [-0.15, -0.1) is 0 Å². The Morgan fingerprint density at radius 1 is 1.43 bits per heavy atom. The molecule has 0 aliphatic carbocycles. The van der Waals surface area contributed by atoms with Gasteiger partial charge in [-0.2, -0.15) is 0 Å². The van der Waals surface area contributed by atoms with Crippen LogP contribution < -0.4 is 5.32 Å². The fourth-order valence-corrected chi connectivity index (χ4v) is 1.07. The van der Waals surface area contributed by atoms with Crippen molar-refractivity contribution in [2.75, 3.05) is 11.9 Å². The van der Waals surface area contributed by atoms with E-state index >= 15 is 0 Å². The zero-order valence-corrected chi connectivity index (χ0v) is 8.38. The molecule has 0 aliphatic heterocycles. The summed E-state index contributed by atoms with van der Waals surface area (Å²) in [6.07, 6.45) is 0.758. The normalized spacial score (nSPS) is 11.1. The summed E-state index contributed by atoms with van der Waals surface area (Å²) in [6, 6.07) is 7.03. The molecule has 0 aromatic heterocycles. The van der Waals surface area contributed by atoms with Gasteiger partial charge in [0.1, 0.15) is 5.67 Å². The minimum atomic E-state index is -1.28. The number of anilines is 1. The van der Waals surface area contributed by atoms with Crippen LogP contribution in [0.4, 0.5) is 10.1 Å². The number of hydrogen-bond acceptors (Lipinski definition) is 2. The molecular weight excluding hydrogens is 181 g/mol. The summed E-state index contributed by atoms with van der Waals surface area (Å²) in [6.45, 7) is 3.17. The molecule has 1 aromatic carbocycles. The quantitative estimate of drug-likeness (QED) is 0.748. The van der Waals surface area contributed by atoms with E-state index in [-0.39, 0.29) is 6.54 Å². The van der Waals surface area contributed by atoms with Crippen molar-refractivity contribution in [2.24, 2.45) is 0 Å². The smallest absolute Gasteiger partial charge is 0.152 e. The SMILES string of the molecule is CC(C)(F)CNc1ccccc1C=O. The number of carbonyl (C=O) groups is 1. The van der Waals surface area contributed by atoms with E-state index in [4.69, 9.17) is 0 Å². The molecule has 3 heteroatoms. The Morgan fingerprint density at radius 2 is 2.07 bits per heavy atom. The van der Waals surface area contributed by atoms with Crippen LogP contribution in [-0.2, 0) is 0 Å². The number of para-hydroxylation sites is 1. The molecule has 0 saturated heterocycles. The van der Waals surface area contributed by atoms with E-state index in [0.29, 0.717) is 11.3 Å². The largest absolute Gasteiger partial charge is 0.381 e. The third-order valence-corrected chi connectivity index (χ3v) is 1.79. The van der Waals surface area contributed by atoms with Gasteiger partial charge < -0.3 is 5.32 Å². The zero-order valence-electron chi connectivity index (χ0n) is 8.38. The van der Waals surface area contributed by atoms with Crippen molar-refractivity contribution < 1.29 is 9.18 Å². The zero-order chi connectivity index (χ0) is 10.6. The maximum atomic E-state index is 13.2. The van der Waals surface area contributed by atoms with Crippen molar-refractivity contribution in [3.63, 3.8) is 0 Å². The van der Waals surface area contributed by atoms with E-state index in [0.717, 1.165) is 6.29 Å².